The van der Waals surface area contributed by atoms with Crippen molar-refractivity contribution in [3.63, 3.8) is 0 Å². The highest BCUT2D eigenvalue weighted by molar-refractivity contribution is 7.91. The van der Waals surface area contributed by atoms with Gasteiger partial charge in [-0.2, -0.15) is 18.4 Å². The molecule has 0 saturated heterocycles. The number of aliphatic imine (C=N–C) groups is 1. The van der Waals surface area contributed by atoms with E-state index < -0.39 is 44.5 Å². The van der Waals surface area contributed by atoms with Crippen LogP contribution in [0.5, 0.6) is 0 Å². The van der Waals surface area contributed by atoms with Crippen molar-refractivity contribution in [2.75, 3.05) is 17.7 Å². The third-order valence-electron chi connectivity index (χ3n) is 6.05. The number of hydrogen-bond donors (Lipinski definition) is 0. The van der Waals surface area contributed by atoms with Crippen LogP contribution in [0.2, 0.25) is 0 Å². The second-order valence-electron chi connectivity index (χ2n) is 9.96. The molecule has 38 heavy (non-hydrogen) atoms. The number of nitrogens with zero attached hydrogens (tertiary/aromatic N) is 4. The second kappa shape index (κ2) is 10.3. The summed E-state index contributed by atoms with van der Waals surface area (Å²) in [5.41, 5.74) is -0.947. The zero-order valence-electron chi connectivity index (χ0n) is 21.9. The van der Waals surface area contributed by atoms with Gasteiger partial charge in [0.25, 0.3) is 0 Å². The van der Waals surface area contributed by atoms with Crippen LogP contribution in [0.4, 0.5) is 23.8 Å². The SMILES string of the molecule is CCS(=O)(=O)c1cc(C2(C#N)CC2)cnc1N(Cc1sc(C(F)(F)F)cc1C(C)=NC)C(=O)OC(C)(C)C. The number of aromatic nitrogens is 1. The average Bonchev–Trinajstić information content (AvgIpc) is 3.51. The molecule has 0 atom stereocenters. The van der Waals surface area contributed by atoms with E-state index in [1.165, 1.54) is 26.2 Å². The molecule has 0 aliphatic heterocycles. The van der Waals surface area contributed by atoms with Gasteiger partial charge in [0.1, 0.15) is 15.4 Å². The summed E-state index contributed by atoms with van der Waals surface area (Å²) in [4.78, 5) is 21.6. The molecule has 8 nitrogen and oxygen atoms in total. The Morgan fingerprint density at radius 1 is 1.29 bits per heavy atom. The minimum absolute atomic E-state index is 0.132. The Bertz CT molecular complexity index is 1410. The van der Waals surface area contributed by atoms with Gasteiger partial charge >= 0.3 is 12.3 Å². The standard InChI is InChI=1S/C25H29F3N4O4S2/c1-7-38(34,35)19-10-16(24(14-29)8-9-24)12-31-21(19)32(22(33)36-23(3,4)5)13-18-17(15(2)30-6)11-20(37-18)25(26,27)28/h10-12H,7-9,13H2,1-6H3. The van der Waals surface area contributed by atoms with Crippen LogP contribution in [0.25, 0.3) is 0 Å². The highest BCUT2D eigenvalue weighted by Crippen LogP contribution is 2.48. The maximum absolute atomic E-state index is 13.6. The fourth-order valence-electron chi connectivity index (χ4n) is 3.68. The van der Waals surface area contributed by atoms with E-state index in [4.69, 9.17) is 4.74 Å². The number of sulfone groups is 1. The Hall–Kier alpha value is -2.98. The molecule has 0 radical (unpaired) electrons. The van der Waals surface area contributed by atoms with E-state index in [0.717, 1.165) is 11.0 Å². The molecule has 13 heteroatoms. The van der Waals surface area contributed by atoms with Gasteiger partial charge in [-0.15, -0.1) is 11.3 Å². The first kappa shape index (κ1) is 29.6. The molecule has 1 saturated carbocycles. The molecule has 0 N–H and O–H groups in total. The molecule has 1 fully saturated rings. The summed E-state index contributed by atoms with van der Waals surface area (Å²) in [6, 6.07) is 4.49. The fourth-order valence-corrected chi connectivity index (χ4v) is 5.80. The Kier molecular flexibility index (Phi) is 8.01. The first-order valence-corrected chi connectivity index (χ1v) is 14.2. The lowest BCUT2D eigenvalue weighted by molar-refractivity contribution is -0.134. The third kappa shape index (κ3) is 6.18. The van der Waals surface area contributed by atoms with Crippen molar-refractivity contribution in [1.82, 2.24) is 4.98 Å². The number of ether oxygens (including phenoxy) is 1. The molecule has 2 aromatic heterocycles. The zero-order valence-corrected chi connectivity index (χ0v) is 23.6. The van der Waals surface area contributed by atoms with E-state index in [1.54, 1.807) is 27.7 Å². The van der Waals surface area contributed by atoms with Gasteiger partial charge in [0, 0.05) is 29.4 Å². The van der Waals surface area contributed by atoms with Gasteiger partial charge in [-0.25, -0.2) is 18.2 Å². The van der Waals surface area contributed by atoms with Gasteiger partial charge in [-0.05, 0) is 58.2 Å². The van der Waals surface area contributed by atoms with E-state index in [1.807, 2.05) is 0 Å². The molecule has 2 aromatic rings. The number of hydrogen-bond acceptors (Lipinski definition) is 8. The van der Waals surface area contributed by atoms with E-state index >= 15 is 0 Å². The predicted molar refractivity (Wildman–Crippen MR) is 138 cm³/mol. The zero-order chi connectivity index (χ0) is 28.7. The van der Waals surface area contributed by atoms with Crippen LogP contribution in [0, 0.1) is 11.3 Å². The quantitative estimate of drug-likeness (QED) is 0.384. The van der Waals surface area contributed by atoms with E-state index in [2.05, 4.69) is 16.0 Å². The van der Waals surface area contributed by atoms with Crippen LogP contribution in [0.3, 0.4) is 0 Å². The predicted octanol–water partition coefficient (Wildman–Crippen LogP) is 5.89. The lowest BCUT2D eigenvalue weighted by atomic mass is 10.00. The molecular formula is C25H29F3N4O4S2. The molecule has 0 spiro atoms. The van der Waals surface area contributed by atoms with Crippen molar-refractivity contribution in [2.24, 2.45) is 4.99 Å². The smallest absolute Gasteiger partial charge is 0.425 e. The lowest BCUT2D eigenvalue weighted by Gasteiger charge is -2.28. The molecule has 206 valence electrons. The van der Waals surface area contributed by atoms with Crippen molar-refractivity contribution < 1.29 is 31.1 Å². The minimum atomic E-state index is -4.63. The Balaban J connectivity index is 2.25. The minimum Gasteiger partial charge on any atom is -0.443 e. The van der Waals surface area contributed by atoms with Gasteiger partial charge in [0.05, 0.1) is 23.8 Å². The number of rotatable bonds is 7. The maximum atomic E-state index is 13.6. The van der Waals surface area contributed by atoms with Crippen LogP contribution < -0.4 is 4.90 Å². The molecule has 1 aliphatic carbocycles. The molecule has 0 unspecified atom stereocenters. The Morgan fingerprint density at radius 3 is 2.39 bits per heavy atom. The summed E-state index contributed by atoms with van der Waals surface area (Å²) >= 11 is 0.433. The van der Waals surface area contributed by atoms with Crippen LogP contribution in [-0.2, 0) is 32.7 Å². The van der Waals surface area contributed by atoms with Gasteiger partial charge in [0.2, 0.25) is 0 Å². The number of carbonyl (C=O) groups excluding carboxylic acids is 1. The van der Waals surface area contributed by atoms with Crippen LogP contribution >= 0.6 is 11.3 Å². The van der Waals surface area contributed by atoms with Crippen LogP contribution in [-0.4, -0.2) is 43.6 Å². The van der Waals surface area contributed by atoms with Crippen molar-refractivity contribution in [1.29, 1.82) is 5.26 Å². The summed E-state index contributed by atoms with van der Waals surface area (Å²) in [6.07, 6.45) is -3.19. The number of pyridine rings is 1. The van der Waals surface area contributed by atoms with E-state index in [9.17, 15) is 31.6 Å². The van der Waals surface area contributed by atoms with Crippen molar-refractivity contribution in [2.45, 2.75) is 76.1 Å². The number of nitriles is 1. The number of thiophene rings is 1. The second-order valence-corrected chi connectivity index (χ2v) is 13.3. The molecule has 1 aliphatic rings. The largest absolute Gasteiger partial charge is 0.443 e. The monoisotopic (exact) mass is 570 g/mol. The lowest BCUT2D eigenvalue weighted by Crippen LogP contribution is -2.38. The van der Waals surface area contributed by atoms with Gasteiger partial charge in [-0.3, -0.25) is 9.89 Å². The van der Waals surface area contributed by atoms with Crippen molar-refractivity contribution in [3.05, 3.63) is 39.2 Å². The van der Waals surface area contributed by atoms with E-state index in [-0.39, 0.29) is 26.9 Å². The molecule has 0 aromatic carbocycles. The summed E-state index contributed by atoms with van der Waals surface area (Å²) in [5, 5.41) is 9.61. The summed E-state index contributed by atoms with van der Waals surface area (Å²) in [6.45, 7) is 7.35. The number of halogens is 3. The highest BCUT2D eigenvalue weighted by atomic mass is 32.2. The van der Waals surface area contributed by atoms with Gasteiger partial charge in [-0.1, -0.05) is 6.92 Å². The number of carbonyl (C=O) groups is 1. The molecule has 3 rings (SSSR count). The first-order valence-electron chi connectivity index (χ1n) is 11.8. The number of alkyl halides is 3. The maximum Gasteiger partial charge on any atom is 0.425 e. The van der Waals surface area contributed by atoms with E-state index in [0.29, 0.717) is 35.5 Å². The number of anilines is 1. The van der Waals surface area contributed by atoms with Gasteiger partial charge in [0.15, 0.2) is 15.7 Å². The summed E-state index contributed by atoms with van der Waals surface area (Å²) in [5.74, 6) is -0.603. The van der Waals surface area contributed by atoms with Crippen molar-refractivity contribution in [3.8, 4) is 6.07 Å². The average molecular weight is 571 g/mol. The molecule has 2 heterocycles. The normalized spacial score (nSPS) is 15.6. The fraction of sp³-hybridized carbons (Fsp3) is 0.520. The summed E-state index contributed by atoms with van der Waals surface area (Å²) < 4.78 is 72.6. The van der Waals surface area contributed by atoms with Crippen LogP contribution in [0.15, 0.2) is 28.2 Å². The molecule has 0 bridgehead atoms. The third-order valence-corrected chi connectivity index (χ3v) is 8.94. The Morgan fingerprint density at radius 2 is 1.92 bits per heavy atom. The van der Waals surface area contributed by atoms with Gasteiger partial charge < -0.3 is 4.74 Å². The number of amides is 1. The topological polar surface area (TPSA) is 113 Å². The summed E-state index contributed by atoms with van der Waals surface area (Å²) in [7, 11) is -2.54. The van der Waals surface area contributed by atoms with Crippen LogP contribution in [0.1, 0.15) is 68.3 Å². The van der Waals surface area contributed by atoms with Crippen molar-refractivity contribution >= 4 is 38.8 Å². The molecule has 1 amide bonds. The Labute approximate surface area is 224 Å². The molecular weight excluding hydrogens is 541 g/mol. The highest BCUT2D eigenvalue weighted by Gasteiger charge is 2.46. The first-order chi connectivity index (χ1) is 17.5.